The number of aryl methyl sites for hydroxylation is 2. The minimum absolute atomic E-state index is 0.306. The SMILES string of the molecule is Cn1cc(-c2cccc3c2C[C@H](N)CC3)cn1. The molecule has 0 amide bonds. The Morgan fingerprint density at radius 3 is 3.06 bits per heavy atom. The maximum atomic E-state index is 6.08. The normalized spacial score (nSPS) is 19.1. The van der Waals surface area contributed by atoms with Crippen LogP contribution in [-0.2, 0) is 19.9 Å². The van der Waals surface area contributed by atoms with Crippen LogP contribution in [0.2, 0.25) is 0 Å². The molecule has 0 radical (unpaired) electrons. The quantitative estimate of drug-likeness (QED) is 0.808. The van der Waals surface area contributed by atoms with Crippen LogP contribution in [-0.4, -0.2) is 15.8 Å². The van der Waals surface area contributed by atoms with Crippen molar-refractivity contribution in [2.75, 3.05) is 0 Å². The molecule has 17 heavy (non-hydrogen) atoms. The van der Waals surface area contributed by atoms with Gasteiger partial charge in [0.25, 0.3) is 0 Å². The molecule has 0 saturated heterocycles. The lowest BCUT2D eigenvalue weighted by molar-refractivity contribution is 0.577. The first-order valence-corrected chi connectivity index (χ1v) is 6.09. The zero-order valence-electron chi connectivity index (χ0n) is 10.1. The molecule has 88 valence electrons. The van der Waals surface area contributed by atoms with Crippen LogP contribution in [0.1, 0.15) is 17.5 Å². The molecule has 3 heteroatoms. The number of hydrogen-bond donors (Lipinski definition) is 1. The fourth-order valence-corrected chi connectivity index (χ4v) is 2.65. The summed E-state index contributed by atoms with van der Waals surface area (Å²) in [5.74, 6) is 0. The molecule has 0 saturated carbocycles. The predicted octanol–water partition coefficient (Wildman–Crippen LogP) is 1.90. The molecule has 1 heterocycles. The lowest BCUT2D eigenvalue weighted by atomic mass is 9.84. The van der Waals surface area contributed by atoms with Gasteiger partial charge in [0.1, 0.15) is 0 Å². The first-order valence-electron chi connectivity index (χ1n) is 6.09. The summed E-state index contributed by atoms with van der Waals surface area (Å²) in [5.41, 5.74) is 11.4. The molecule has 0 aliphatic heterocycles. The Morgan fingerprint density at radius 2 is 2.29 bits per heavy atom. The van der Waals surface area contributed by atoms with Gasteiger partial charge in [-0.25, -0.2) is 0 Å². The minimum Gasteiger partial charge on any atom is -0.327 e. The molecule has 1 aliphatic carbocycles. The van der Waals surface area contributed by atoms with Gasteiger partial charge in [0.15, 0.2) is 0 Å². The molecule has 1 aliphatic rings. The number of fused-ring (bicyclic) bond motifs is 1. The molecule has 1 aromatic carbocycles. The van der Waals surface area contributed by atoms with Gasteiger partial charge < -0.3 is 5.73 Å². The van der Waals surface area contributed by atoms with Gasteiger partial charge in [-0.15, -0.1) is 0 Å². The average Bonchev–Trinajstić information content (AvgIpc) is 2.75. The summed E-state index contributed by atoms with van der Waals surface area (Å²) in [6, 6.07) is 6.84. The summed E-state index contributed by atoms with van der Waals surface area (Å²) in [5, 5.41) is 4.25. The Balaban J connectivity index is 2.11. The summed E-state index contributed by atoms with van der Waals surface area (Å²) >= 11 is 0. The summed E-state index contributed by atoms with van der Waals surface area (Å²) in [6.45, 7) is 0. The van der Waals surface area contributed by atoms with Gasteiger partial charge in [-0.05, 0) is 36.0 Å². The number of rotatable bonds is 1. The van der Waals surface area contributed by atoms with Crippen LogP contribution in [0.5, 0.6) is 0 Å². The fraction of sp³-hybridized carbons (Fsp3) is 0.357. The van der Waals surface area contributed by atoms with Crippen molar-refractivity contribution in [3.63, 3.8) is 0 Å². The van der Waals surface area contributed by atoms with Crippen molar-refractivity contribution < 1.29 is 0 Å². The third-order valence-corrected chi connectivity index (χ3v) is 3.54. The Bertz CT molecular complexity index is 542. The Kier molecular flexibility index (Phi) is 2.48. The van der Waals surface area contributed by atoms with Gasteiger partial charge in [0.2, 0.25) is 0 Å². The highest BCUT2D eigenvalue weighted by Gasteiger charge is 2.19. The highest BCUT2D eigenvalue weighted by atomic mass is 15.2. The van der Waals surface area contributed by atoms with Crippen molar-refractivity contribution in [3.05, 3.63) is 41.7 Å². The fourth-order valence-electron chi connectivity index (χ4n) is 2.65. The molecular formula is C14H17N3. The zero-order chi connectivity index (χ0) is 11.8. The van der Waals surface area contributed by atoms with Gasteiger partial charge in [-0.2, -0.15) is 5.10 Å². The smallest absolute Gasteiger partial charge is 0.0568 e. The largest absolute Gasteiger partial charge is 0.327 e. The first-order chi connectivity index (χ1) is 8.24. The Morgan fingerprint density at radius 1 is 1.41 bits per heavy atom. The maximum absolute atomic E-state index is 6.08. The van der Waals surface area contributed by atoms with E-state index in [2.05, 4.69) is 29.5 Å². The van der Waals surface area contributed by atoms with E-state index in [0.29, 0.717) is 6.04 Å². The minimum atomic E-state index is 0.306. The van der Waals surface area contributed by atoms with Crippen LogP contribution in [0, 0.1) is 0 Å². The van der Waals surface area contributed by atoms with Crippen LogP contribution < -0.4 is 5.73 Å². The second-order valence-electron chi connectivity index (χ2n) is 4.85. The van der Waals surface area contributed by atoms with Gasteiger partial charge >= 0.3 is 0 Å². The molecular weight excluding hydrogens is 210 g/mol. The highest BCUT2D eigenvalue weighted by Crippen LogP contribution is 2.30. The highest BCUT2D eigenvalue weighted by molar-refractivity contribution is 5.68. The Labute approximate surface area is 101 Å². The summed E-state index contributed by atoms with van der Waals surface area (Å²) in [6.07, 6.45) is 7.18. The van der Waals surface area contributed by atoms with Crippen molar-refractivity contribution in [1.82, 2.24) is 9.78 Å². The van der Waals surface area contributed by atoms with E-state index in [4.69, 9.17) is 5.73 Å². The number of nitrogens with zero attached hydrogens (tertiary/aromatic N) is 2. The topological polar surface area (TPSA) is 43.8 Å². The van der Waals surface area contributed by atoms with E-state index in [1.165, 1.54) is 22.3 Å². The van der Waals surface area contributed by atoms with Crippen molar-refractivity contribution in [2.24, 2.45) is 12.8 Å². The molecule has 2 N–H and O–H groups in total. The number of benzene rings is 1. The third kappa shape index (κ3) is 1.87. The second-order valence-corrected chi connectivity index (χ2v) is 4.85. The average molecular weight is 227 g/mol. The van der Waals surface area contributed by atoms with Gasteiger partial charge in [-0.3, -0.25) is 4.68 Å². The van der Waals surface area contributed by atoms with Gasteiger partial charge in [-0.1, -0.05) is 18.2 Å². The molecule has 0 fully saturated rings. The molecule has 1 aromatic heterocycles. The van der Waals surface area contributed by atoms with E-state index in [-0.39, 0.29) is 0 Å². The number of aromatic nitrogens is 2. The molecule has 0 spiro atoms. The van der Waals surface area contributed by atoms with E-state index >= 15 is 0 Å². The van der Waals surface area contributed by atoms with Crippen LogP contribution in [0.15, 0.2) is 30.6 Å². The summed E-state index contributed by atoms with van der Waals surface area (Å²) in [4.78, 5) is 0. The maximum Gasteiger partial charge on any atom is 0.0568 e. The van der Waals surface area contributed by atoms with Gasteiger partial charge in [0.05, 0.1) is 6.20 Å². The Hall–Kier alpha value is -1.61. The zero-order valence-corrected chi connectivity index (χ0v) is 10.1. The van der Waals surface area contributed by atoms with Gasteiger partial charge in [0, 0.05) is 24.8 Å². The van der Waals surface area contributed by atoms with E-state index in [9.17, 15) is 0 Å². The molecule has 3 nitrogen and oxygen atoms in total. The monoisotopic (exact) mass is 227 g/mol. The van der Waals surface area contributed by atoms with Crippen LogP contribution in [0.4, 0.5) is 0 Å². The standard InChI is InChI=1S/C14H17N3/c1-17-9-11(8-16-17)13-4-2-3-10-5-6-12(15)7-14(10)13/h2-4,8-9,12H,5-7,15H2,1H3/t12-/m1/s1. The number of hydrogen-bond acceptors (Lipinski definition) is 2. The number of nitrogens with two attached hydrogens (primary N) is 1. The lowest BCUT2D eigenvalue weighted by Gasteiger charge is -2.23. The van der Waals surface area contributed by atoms with Crippen LogP contribution >= 0.6 is 0 Å². The van der Waals surface area contributed by atoms with Crippen molar-refractivity contribution >= 4 is 0 Å². The molecule has 0 bridgehead atoms. The predicted molar refractivity (Wildman–Crippen MR) is 68.6 cm³/mol. The third-order valence-electron chi connectivity index (χ3n) is 3.54. The summed E-state index contributed by atoms with van der Waals surface area (Å²) < 4.78 is 1.84. The van der Waals surface area contributed by atoms with E-state index in [1.54, 1.807) is 0 Å². The molecule has 0 unspecified atom stereocenters. The molecule has 2 aromatic rings. The van der Waals surface area contributed by atoms with Crippen molar-refractivity contribution in [1.29, 1.82) is 0 Å². The molecule has 3 rings (SSSR count). The molecule has 1 atom stereocenters. The first kappa shape index (κ1) is 10.5. The van der Waals surface area contributed by atoms with Crippen molar-refractivity contribution in [3.8, 4) is 11.1 Å². The lowest BCUT2D eigenvalue weighted by Crippen LogP contribution is -2.28. The van der Waals surface area contributed by atoms with E-state index < -0.39 is 0 Å². The summed E-state index contributed by atoms with van der Waals surface area (Å²) in [7, 11) is 1.95. The van der Waals surface area contributed by atoms with Crippen molar-refractivity contribution in [2.45, 2.75) is 25.3 Å². The van der Waals surface area contributed by atoms with E-state index in [1.807, 2.05) is 17.9 Å². The van der Waals surface area contributed by atoms with Crippen LogP contribution in [0.3, 0.4) is 0 Å². The van der Waals surface area contributed by atoms with Crippen LogP contribution in [0.25, 0.3) is 11.1 Å². The second kappa shape index (κ2) is 4.00. The van der Waals surface area contributed by atoms with E-state index in [0.717, 1.165) is 19.3 Å².